The van der Waals surface area contributed by atoms with Crippen molar-refractivity contribution >= 4 is 43.8 Å². The summed E-state index contributed by atoms with van der Waals surface area (Å²) in [6, 6.07) is 0. The Balaban J connectivity index is 0.00000121. The lowest BCUT2D eigenvalue weighted by atomic mass is 10.0. The van der Waals surface area contributed by atoms with Gasteiger partial charge in [0.05, 0.1) is 17.9 Å². The van der Waals surface area contributed by atoms with Gasteiger partial charge in [-0.25, -0.2) is 10.0 Å². The van der Waals surface area contributed by atoms with Crippen molar-refractivity contribution in [2.24, 2.45) is 10.7 Å². The predicted octanol–water partition coefficient (Wildman–Crippen LogP) is -0.413. The average molecular weight is 371 g/mol. The molecular formula is C11H20Cl2N6O2S. The molecule has 0 aliphatic carbocycles. The van der Waals surface area contributed by atoms with Crippen molar-refractivity contribution in [2.45, 2.75) is 37.2 Å². The van der Waals surface area contributed by atoms with Gasteiger partial charge in [0, 0.05) is 18.1 Å². The lowest BCUT2D eigenvalue weighted by Gasteiger charge is -2.27. The molecule has 22 heavy (non-hydrogen) atoms. The molecular weight excluding hydrogens is 351 g/mol. The second kappa shape index (κ2) is 7.16. The van der Waals surface area contributed by atoms with Crippen molar-refractivity contribution in [1.82, 2.24) is 21.1 Å². The van der Waals surface area contributed by atoms with E-state index in [1.54, 1.807) is 23.4 Å². The second-order valence-corrected chi connectivity index (χ2v) is 5.81. The Hall–Kier alpha value is -0.840. The molecule has 0 aromatic heterocycles. The van der Waals surface area contributed by atoms with Gasteiger partial charge in [-0.3, -0.25) is 5.43 Å². The van der Waals surface area contributed by atoms with E-state index in [2.05, 4.69) is 28.6 Å². The van der Waals surface area contributed by atoms with E-state index in [0.717, 1.165) is 17.1 Å². The SMILES string of the molecule is CC(O)C[C@@H](O)[C@@H](S)CC1=C2C3=C(N)N=CN2NN3N1.Cl.Cl. The smallest absolute Gasteiger partial charge is 0.154 e. The van der Waals surface area contributed by atoms with Gasteiger partial charge in [-0.2, -0.15) is 17.7 Å². The van der Waals surface area contributed by atoms with Crippen LogP contribution in [0, 0.1) is 0 Å². The van der Waals surface area contributed by atoms with Crippen molar-refractivity contribution in [3.8, 4) is 0 Å². The van der Waals surface area contributed by atoms with Gasteiger partial charge in [0.15, 0.2) is 5.82 Å². The number of nitrogens with one attached hydrogen (secondary N) is 2. The molecule has 0 aromatic rings. The first-order valence-electron chi connectivity index (χ1n) is 6.41. The van der Waals surface area contributed by atoms with E-state index in [9.17, 15) is 10.2 Å². The summed E-state index contributed by atoms with van der Waals surface area (Å²) >= 11 is 4.42. The van der Waals surface area contributed by atoms with Gasteiger partial charge in [0.1, 0.15) is 17.7 Å². The van der Waals surface area contributed by atoms with Gasteiger partial charge in [-0.1, -0.05) is 0 Å². The standard InChI is InChI=1S/C11H18N6O2S.2ClH/c1-5(18)2-7(19)8(20)3-6-9-10-11(12)13-4-16(9)15-17(10)14-6;;/h4-5,7-8,14-15,18-20H,2-3,12H2,1H3;2*1H/t5?,7-,8+;;/m1../s1. The van der Waals surface area contributed by atoms with E-state index < -0.39 is 12.2 Å². The van der Waals surface area contributed by atoms with Crippen LogP contribution in [0.5, 0.6) is 0 Å². The number of hydrazine groups is 3. The third kappa shape index (κ3) is 3.24. The number of nitrogens with two attached hydrogens (primary N) is 1. The largest absolute Gasteiger partial charge is 0.393 e. The quantitative estimate of drug-likeness (QED) is 0.365. The first-order chi connectivity index (χ1) is 9.47. The fraction of sp³-hybridized carbons (Fsp3) is 0.545. The second-order valence-electron chi connectivity index (χ2n) is 5.15. The molecule has 0 aromatic carbocycles. The van der Waals surface area contributed by atoms with Crippen LogP contribution in [0.2, 0.25) is 0 Å². The number of rotatable bonds is 5. The van der Waals surface area contributed by atoms with Crippen molar-refractivity contribution in [3.63, 3.8) is 0 Å². The first kappa shape index (κ1) is 19.2. The number of hydrogen-bond acceptors (Lipinski definition) is 9. The van der Waals surface area contributed by atoms with Crippen LogP contribution >= 0.6 is 37.4 Å². The van der Waals surface area contributed by atoms with Crippen LogP contribution in [-0.4, -0.2) is 44.1 Å². The molecule has 3 aliphatic rings. The van der Waals surface area contributed by atoms with Gasteiger partial charge in [-0.15, -0.1) is 30.3 Å². The molecule has 126 valence electrons. The predicted molar refractivity (Wildman–Crippen MR) is 90.9 cm³/mol. The van der Waals surface area contributed by atoms with Gasteiger partial charge in [-0.05, 0) is 6.92 Å². The Kier molecular flexibility index (Phi) is 6.25. The summed E-state index contributed by atoms with van der Waals surface area (Å²) in [6.07, 6.45) is 1.21. The Bertz CT molecular complexity index is 527. The number of allylic oxidation sites excluding steroid dienone is 1. The summed E-state index contributed by atoms with van der Waals surface area (Å²) in [5.41, 5.74) is 14.6. The molecule has 1 saturated heterocycles. The topological polar surface area (TPSA) is 109 Å². The minimum Gasteiger partial charge on any atom is -0.393 e. The van der Waals surface area contributed by atoms with E-state index >= 15 is 0 Å². The third-order valence-electron chi connectivity index (χ3n) is 3.42. The zero-order valence-electron chi connectivity index (χ0n) is 11.8. The number of aliphatic hydroxyl groups is 2. The zero-order valence-corrected chi connectivity index (χ0v) is 14.3. The molecule has 1 unspecified atom stereocenters. The highest BCUT2D eigenvalue weighted by molar-refractivity contribution is 7.81. The molecule has 3 atom stereocenters. The molecule has 11 heteroatoms. The highest BCUT2D eigenvalue weighted by Crippen LogP contribution is 2.36. The molecule has 3 heterocycles. The summed E-state index contributed by atoms with van der Waals surface area (Å²) in [7, 11) is 0. The lowest BCUT2D eigenvalue weighted by Crippen LogP contribution is -2.48. The fourth-order valence-corrected chi connectivity index (χ4v) is 2.78. The molecule has 1 fully saturated rings. The van der Waals surface area contributed by atoms with E-state index in [0.29, 0.717) is 18.7 Å². The van der Waals surface area contributed by atoms with Gasteiger partial charge < -0.3 is 15.9 Å². The third-order valence-corrected chi connectivity index (χ3v) is 3.95. The van der Waals surface area contributed by atoms with Crippen LogP contribution in [0.25, 0.3) is 0 Å². The van der Waals surface area contributed by atoms with Crippen LogP contribution in [0.1, 0.15) is 19.8 Å². The first-order valence-corrected chi connectivity index (χ1v) is 6.93. The fourth-order valence-electron chi connectivity index (χ4n) is 2.48. The van der Waals surface area contributed by atoms with Crippen LogP contribution in [0.4, 0.5) is 0 Å². The van der Waals surface area contributed by atoms with Crippen LogP contribution in [0.15, 0.2) is 27.9 Å². The molecule has 3 aliphatic heterocycles. The van der Waals surface area contributed by atoms with Crippen molar-refractivity contribution < 1.29 is 10.2 Å². The van der Waals surface area contributed by atoms with Crippen LogP contribution in [-0.2, 0) is 0 Å². The van der Waals surface area contributed by atoms with Crippen LogP contribution < -0.4 is 16.7 Å². The van der Waals surface area contributed by atoms with Crippen molar-refractivity contribution in [1.29, 1.82) is 0 Å². The summed E-state index contributed by atoms with van der Waals surface area (Å²) in [5.74, 6) is 0.434. The number of nitrogens with zero attached hydrogens (tertiary/aromatic N) is 3. The summed E-state index contributed by atoms with van der Waals surface area (Å²) in [4.78, 5) is 4.06. The van der Waals surface area contributed by atoms with Gasteiger partial charge in [0.25, 0.3) is 0 Å². The maximum atomic E-state index is 9.98. The Morgan fingerprint density at radius 2 is 2.05 bits per heavy atom. The van der Waals surface area contributed by atoms with Crippen molar-refractivity contribution in [2.75, 3.05) is 0 Å². The van der Waals surface area contributed by atoms with E-state index in [1.165, 1.54) is 0 Å². The molecule has 6 N–H and O–H groups in total. The molecule has 4 bridgehead atoms. The summed E-state index contributed by atoms with van der Waals surface area (Å²) in [6.45, 7) is 1.65. The van der Waals surface area contributed by atoms with Gasteiger partial charge >= 0.3 is 0 Å². The summed E-state index contributed by atoms with van der Waals surface area (Å²) in [5, 5.41) is 22.5. The molecule has 0 spiro atoms. The Morgan fingerprint density at radius 1 is 1.36 bits per heavy atom. The maximum absolute atomic E-state index is 9.98. The summed E-state index contributed by atoms with van der Waals surface area (Å²) < 4.78 is 0. The molecule has 0 saturated carbocycles. The number of halogens is 2. The van der Waals surface area contributed by atoms with E-state index in [-0.39, 0.29) is 30.1 Å². The Morgan fingerprint density at radius 3 is 2.68 bits per heavy atom. The van der Waals surface area contributed by atoms with Crippen molar-refractivity contribution in [3.05, 3.63) is 22.9 Å². The minimum atomic E-state index is -0.676. The Labute approximate surface area is 146 Å². The van der Waals surface area contributed by atoms with E-state index in [1.807, 2.05) is 0 Å². The molecule has 0 amide bonds. The normalized spacial score (nSPS) is 22.2. The number of aliphatic imine (C=N–C) groups is 1. The number of aliphatic hydroxyl groups excluding tert-OH is 2. The van der Waals surface area contributed by atoms with E-state index in [4.69, 9.17) is 5.73 Å². The van der Waals surface area contributed by atoms with Gasteiger partial charge in [0.2, 0.25) is 0 Å². The average Bonchev–Trinajstić information content (AvgIpc) is 2.85. The number of thiol groups is 1. The maximum Gasteiger partial charge on any atom is 0.154 e. The lowest BCUT2D eigenvalue weighted by molar-refractivity contribution is 0.0866. The highest BCUT2D eigenvalue weighted by Gasteiger charge is 2.42. The molecule has 0 radical (unpaired) electrons. The molecule has 3 rings (SSSR count). The highest BCUT2D eigenvalue weighted by atomic mass is 35.5. The monoisotopic (exact) mass is 370 g/mol. The molecule has 8 nitrogen and oxygen atoms in total. The van der Waals surface area contributed by atoms with Crippen LogP contribution in [0.3, 0.4) is 0 Å². The minimum absolute atomic E-state index is 0. The zero-order chi connectivity index (χ0) is 14.4. The number of hydrogen-bond donors (Lipinski definition) is 6.